The minimum Gasteiger partial charge on any atom is -0.362 e. The van der Waals surface area contributed by atoms with Gasteiger partial charge in [-0.2, -0.15) is 0 Å². The van der Waals surface area contributed by atoms with Crippen LogP contribution in [0.15, 0.2) is 47.5 Å². The summed E-state index contributed by atoms with van der Waals surface area (Å²) in [6, 6.07) is 9.45. The number of carbonyl (C=O) groups is 1. The molecule has 0 fully saturated rings. The Morgan fingerprint density at radius 3 is 2.39 bits per heavy atom. The van der Waals surface area contributed by atoms with E-state index in [9.17, 15) is 13.2 Å². The first-order valence-corrected chi connectivity index (χ1v) is 8.51. The van der Waals surface area contributed by atoms with Crippen LogP contribution in [0.1, 0.15) is 22.8 Å². The highest BCUT2D eigenvalue weighted by Crippen LogP contribution is 2.16. The lowest BCUT2D eigenvalue weighted by Gasteiger charge is -2.16. The van der Waals surface area contributed by atoms with Gasteiger partial charge in [0, 0.05) is 38.0 Å². The Hall–Kier alpha value is -2.25. The molecule has 7 heteroatoms. The third-order valence-corrected chi connectivity index (χ3v) is 4.73. The summed E-state index contributed by atoms with van der Waals surface area (Å²) in [5.74, 6) is 0.606. The van der Waals surface area contributed by atoms with Crippen molar-refractivity contribution in [3.63, 3.8) is 0 Å². The Morgan fingerprint density at radius 1 is 1.17 bits per heavy atom. The Morgan fingerprint density at radius 2 is 1.83 bits per heavy atom. The van der Waals surface area contributed by atoms with Crippen molar-refractivity contribution in [2.75, 3.05) is 19.0 Å². The number of sulfonamides is 1. The number of hydrogen-bond acceptors (Lipinski definition) is 5. The lowest BCUT2D eigenvalue weighted by molar-refractivity contribution is 0.101. The average molecular weight is 333 g/mol. The number of carbonyl (C=O) groups excluding carboxylic acids is 1. The lowest BCUT2D eigenvalue weighted by Crippen LogP contribution is -2.25. The zero-order valence-corrected chi connectivity index (χ0v) is 14.1. The van der Waals surface area contributed by atoms with Crippen molar-refractivity contribution in [1.29, 1.82) is 0 Å². The summed E-state index contributed by atoms with van der Waals surface area (Å²) in [5, 5.41) is 0. The molecule has 122 valence electrons. The van der Waals surface area contributed by atoms with Gasteiger partial charge in [0.25, 0.3) is 0 Å². The standard InChI is InChI=1S/C16H19N3O3S/c1-12(20)13-6-8-15(9-7-13)23(21,22)18-11-14-5-4-10-17-16(14)19(2)3/h4-10,18H,11H2,1-3H3. The summed E-state index contributed by atoms with van der Waals surface area (Å²) in [7, 11) is 0.0451. The van der Waals surface area contributed by atoms with Crippen LogP contribution in [0.3, 0.4) is 0 Å². The van der Waals surface area contributed by atoms with E-state index in [-0.39, 0.29) is 17.2 Å². The van der Waals surface area contributed by atoms with Gasteiger partial charge in [-0.05, 0) is 25.1 Å². The van der Waals surface area contributed by atoms with Gasteiger partial charge in [-0.15, -0.1) is 0 Å². The maximum Gasteiger partial charge on any atom is 0.240 e. The van der Waals surface area contributed by atoms with E-state index in [1.807, 2.05) is 25.1 Å². The number of rotatable bonds is 6. The molecular weight excluding hydrogens is 314 g/mol. The maximum atomic E-state index is 12.3. The highest BCUT2D eigenvalue weighted by molar-refractivity contribution is 7.89. The lowest BCUT2D eigenvalue weighted by atomic mass is 10.2. The molecule has 1 aromatic carbocycles. The molecule has 0 radical (unpaired) electrons. The van der Waals surface area contributed by atoms with Crippen LogP contribution in [-0.4, -0.2) is 33.3 Å². The van der Waals surface area contributed by atoms with Gasteiger partial charge in [0.1, 0.15) is 5.82 Å². The van der Waals surface area contributed by atoms with Crippen molar-refractivity contribution in [2.45, 2.75) is 18.4 Å². The van der Waals surface area contributed by atoms with Gasteiger partial charge in [0.2, 0.25) is 10.0 Å². The van der Waals surface area contributed by atoms with E-state index < -0.39 is 10.0 Å². The topological polar surface area (TPSA) is 79.4 Å². The summed E-state index contributed by atoms with van der Waals surface area (Å²) < 4.78 is 27.2. The molecule has 0 amide bonds. The molecule has 0 spiro atoms. The summed E-state index contributed by atoms with van der Waals surface area (Å²) in [5.41, 5.74) is 1.26. The number of aromatic nitrogens is 1. The maximum absolute atomic E-state index is 12.3. The first-order chi connectivity index (χ1) is 10.8. The van der Waals surface area contributed by atoms with Gasteiger partial charge >= 0.3 is 0 Å². The third kappa shape index (κ3) is 4.14. The summed E-state index contributed by atoms with van der Waals surface area (Å²) in [4.78, 5) is 17.4. The highest BCUT2D eigenvalue weighted by atomic mass is 32.2. The third-order valence-electron chi connectivity index (χ3n) is 3.31. The number of hydrogen-bond donors (Lipinski definition) is 1. The number of nitrogens with one attached hydrogen (secondary N) is 1. The molecule has 2 rings (SSSR count). The van der Waals surface area contributed by atoms with Crippen LogP contribution in [0.2, 0.25) is 0 Å². The van der Waals surface area contributed by atoms with E-state index in [2.05, 4.69) is 9.71 Å². The largest absolute Gasteiger partial charge is 0.362 e. The molecular formula is C16H19N3O3S. The predicted octanol–water partition coefficient (Wildman–Crippen LogP) is 1.83. The van der Waals surface area contributed by atoms with E-state index >= 15 is 0 Å². The van der Waals surface area contributed by atoms with Crippen molar-refractivity contribution in [1.82, 2.24) is 9.71 Å². The zero-order chi connectivity index (χ0) is 17.0. The van der Waals surface area contributed by atoms with Crippen molar-refractivity contribution in [3.05, 3.63) is 53.7 Å². The fourth-order valence-electron chi connectivity index (χ4n) is 2.10. The fourth-order valence-corrected chi connectivity index (χ4v) is 3.10. The van der Waals surface area contributed by atoms with E-state index in [1.165, 1.54) is 31.2 Å². The van der Waals surface area contributed by atoms with Crippen molar-refractivity contribution < 1.29 is 13.2 Å². The molecule has 0 aliphatic carbocycles. The SMILES string of the molecule is CC(=O)c1ccc(S(=O)(=O)NCc2cccnc2N(C)C)cc1. The van der Waals surface area contributed by atoms with Crippen LogP contribution in [-0.2, 0) is 16.6 Å². The molecule has 0 atom stereocenters. The zero-order valence-electron chi connectivity index (χ0n) is 13.3. The molecule has 0 aliphatic rings. The number of pyridine rings is 1. The fraction of sp³-hybridized carbons (Fsp3) is 0.250. The molecule has 2 aromatic rings. The molecule has 0 saturated heterocycles. The molecule has 23 heavy (non-hydrogen) atoms. The van der Waals surface area contributed by atoms with E-state index in [1.54, 1.807) is 12.3 Å². The van der Waals surface area contributed by atoms with Crippen LogP contribution in [0, 0.1) is 0 Å². The number of ketones is 1. The monoisotopic (exact) mass is 333 g/mol. The Kier molecular flexibility index (Phi) is 5.12. The second kappa shape index (κ2) is 6.89. The Labute approximate surface area is 136 Å². The minimum atomic E-state index is -3.65. The van der Waals surface area contributed by atoms with E-state index in [4.69, 9.17) is 0 Å². The molecule has 1 heterocycles. The molecule has 1 aromatic heterocycles. The van der Waals surface area contributed by atoms with Gasteiger partial charge in [-0.1, -0.05) is 18.2 Å². The molecule has 6 nitrogen and oxygen atoms in total. The van der Waals surface area contributed by atoms with Crippen molar-refractivity contribution in [3.8, 4) is 0 Å². The van der Waals surface area contributed by atoms with Gasteiger partial charge in [0.15, 0.2) is 5.78 Å². The van der Waals surface area contributed by atoms with Crippen molar-refractivity contribution in [2.24, 2.45) is 0 Å². The van der Waals surface area contributed by atoms with Gasteiger partial charge in [-0.25, -0.2) is 18.1 Å². The number of anilines is 1. The van der Waals surface area contributed by atoms with Crippen LogP contribution >= 0.6 is 0 Å². The number of benzene rings is 1. The van der Waals surface area contributed by atoms with Crippen LogP contribution in [0.25, 0.3) is 0 Å². The first kappa shape index (κ1) is 17.1. The molecule has 0 saturated carbocycles. The van der Waals surface area contributed by atoms with E-state index in [0.717, 1.165) is 5.56 Å². The second-order valence-electron chi connectivity index (χ2n) is 5.29. The van der Waals surface area contributed by atoms with Gasteiger partial charge in [-0.3, -0.25) is 4.79 Å². The average Bonchev–Trinajstić information content (AvgIpc) is 2.53. The van der Waals surface area contributed by atoms with Gasteiger partial charge in [0.05, 0.1) is 4.90 Å². The highest BCUT2D eigenvalue weighted by Gasteiger charge is 2.15. The second-order valence-corrected chi connectivity index (χ2v) is 7.05. The van der Waals surface area contributed by atoms with E-state index in [0.29, 0.717) is 11.4 Å². The van der Waals surface area contributed by atoms with Crippen molar-refractivity contribution >= 4 is 21.6 Å². The predicted molar refractivity (Wildman–Crippen MR) is 89.0 cm³/mol. The molecule has 0 aliphatic heterocycles. The molecule has 1 N–H and O–H groups in total. The Balaban J connectivity index is 2.18. The molecule has 0 unspecified atom stereocenters. The summed E-state index contributed by atoms with van der Waals surface area (Å²) in [6.07, 6.45) is 1.66. The Bertz CT molecular complexity index is 800. The smallest absolute Gasteiger partial charge is 0.240 e. The van der Waals surface area contributed by atoms with Crippen LogP contribution in [0.4, 0.5) is 5.82 Å². The first-order valence-electron chi connectivity index (χ1n) is 7.03. The summed E-state index contributed by atoms with van der Waals surface area (Å²) >= 11 is 0. The number of Topliss-reactive ketones (excluding diaryl/α,β-unsaturated/α-hetero) is 1. The van der Waals surface area contributed by atoms with Crippen LogP contribution in [0.5, 0.6) is 0 Å². The molecule has 0 bridgehead atoms. The van der Waals surface area contributed by atoms with Gasteiger partial charge < -0.3 is 4.90 Å². The summed E-state index contributed by atoms with van der Waals surface area (Å²) in [6.45, 7) is 1.57. The quantitative estimate of drug-likeness (QED) is 0.816. The number of nitrogens with zero attached hydrogens (tertiary/aromatic N) is 2. The van der Waals surface area contributed by atoms with Crippen LogP contribution < -0.4 is 9.62 Å². The minimum absolute atomic E-state index is 0.104. The normalized spacial score (nSPS) is 11.3.